The molecule has 2 aliphatic heterocycles. The van der Waals surface area contributed by atoms with Gasteiger partial charge < -0.3 is 4.90 Å². The summed E-state index contributed by atoms with van der Waals surface area (Å²) >= 11 is 0. The molecule has 2 aromatic carbocycles. The Bertz CT molecular complexity index is 917. The molecule has 1 saturated carbocycles. The number of urea groups is 1. The van der Waals surface area contributed by atoms with E-state index in [1.807, 2.05) is 24.3 Å². The fourth-order valence-corrected chi connectivity index (χ4v) is 4.70. The summed E-state index contributed by atoms with van der Waals surface area (Å²) in [5.41, 5.74) is 1.14. The molecule has 2 aromatic rings. The molecule has 3 amide bonds. The van der Waals surface area contributed by atoms with Crippen molar-refractivity contribution in [3.8, 4) is 0 Å². The average molecular weight is 317 g/mol. The molecule has 5 nitrogen and oxygen atoms in total. The Balaban J connectivity index is 1.68. The van der Waals surface area contributed by atoms with Crippen LogP contribution in [0.1, 0.15) is 19.3 Å². The standard InChI is InChI=1S/C19H15N3O2/c1-20-15-8-9-16(14-5-3-2-4-13(14)15)22-18(23)17-11-6-7-12(10-11)21(17)19(22)24/h2-5,8-9,11-12,17H,6-7,10H2/t11-,12+,17+/m0/s1. The number of fused-ring (bicyclic) bond motifs is 6. The Morgan fingerprint density at radius 1 is 1.04 bits per heavy atom. The Labute approximate surface area is 139 Å². The van der Waals surface area contributed by atoms with Crippen LogP contribution >= 0.6 is 0 Å². The van der Waals surface area contributed by atoms with Gasteiger partial charge in [0.2, 0.25) is 0 Å². The maximum Gasteiger partial charge on any atom is 0.332 e. The van der Waals surface area contributed by atoms with Gasteiger partial charge in [-0.05, 0) is 42.0 Å². The molecule has 0 unspecified atom stereocenters. The molecule has 3 aliphatic rings. The Morgan fingerprint density at radius 2 is 1.83 bits per heavy atom. The van der Waals surface area contributed by atoms with Crippen LogP contribution in [-0.4, -0.2) is 28.9 Å². The van der Waals surface area contributed by atoms with Crippen LogP contribution in [0.3, 0.4) is 0 Å². The summed E-state index contributed by atoms with van der Waals surface area (Å²) in [4.78, 5) is 32.6. The Hall–Kier alpha value is -2.87. The van der Waals surface area contributed by atoms with Crippen molar-refractivity contribution in [1.29, 1.82) is 0 Å². The second kappa shape index (κ2) is 4.57. The first-order valence-corrected chi connectivity index (χ1v) is 8.26. The highest BCUT2D eigenvalue weighted by atomic mass is 16.2. The van der Waals surface area contributed by atoms with Crippen LogP contribution in [-0.2, 0) is 4.79 Å². The van der Waals surface area contributed by atoms with Crippen LogP contribution in [0, 0.1) is 12.5 Å². The van der Waals surface area contributed by atoms with Gasteiger partial charge in [-0.2, -0.15) is 0 Å². The largest absolute Gasteiger partial charge is 0.332 e. The lowest BCUT2D eigenvalue weighted by molar-refractivity contribution is -0.120. The molecule has 2 heterocycles. The molecule has 0 radical (unpaired) electrons. The normalized spacial score (nSPS) is 27.9. The van der Waals surface area contributed by atoms with Crippen molar-refractivity contribution >= 4 is 34.1 Å². The minimum absolute atomic E-state index is 0.104. The third-order valence-corrected chi connectivity index (χ3v) is 5.71. The van der Waals surface area contributed by atoms with Gasteiger partial charge in [-0.1, -0.05) is 30.3 Å². The number of carbonyl (C=O) groups excluding carboxylic acids is 2. The van der Waals surface area contributed by atoms with Crippen molar-refractivity contribution in [2.75, 3.05) is 4.90 Å². The number of piperidine rings is 1. The lowest BCUT2D eigenvalue weighted by Crippen LogP contribution is -2.40. The van der Waals surface area contributed by atoms with Crippen LogP contribution in [0.4, 0.5) is 16.2 Å². The molecule has 2 bridgehead atoms. The molecule has 5 heteroatoms. The van der Waals surface area contributed by atoms with E-state index >= 15 is 0 Å². The lowest BCUT2D eigenvalue weighted by atomic mass is 9.99. The molecule has 1 aliphatic carbocycles. The van der Waals surface area contributed by atoms with Crippen molar-refractivity contribution in [2.24, 2.45) is 5.92 Å². The molecular weight excluding hydrogens is 302 g/mol. The highest BCUT2D eigenvalue weighted by Gasteiger charge is 2.59. The predicted octanol–water partition coefficient (Wildman–Crippen LogP) is 3.71. The Kier molecular flexibility index (Phi) is 2.58. The third kappa shape index (κ3) is 1.53. The maximum atomic E-state index is 13.0. The number of carbonyl (C=O) groups is 2. The number of anilines is 1. The molecule has 0 N–H and O–H groups in total. The zero-order chi connectivity index (χ0) is 16.4. The van der Waals surface area contributed by atoms with Gasteiger partial charge in [-0.25, -0.2) is 14.5 Å². The van der Waals surface area contributed by atoms with Gasteiger partial charge in [-0.3, -0.25) is 4.79 Å². The molecule has 3 fully saturated rings. The lowest BCUT2D eigenvalue weighted by Gasteiger charge is -2.25. The zero-order valence-corrected chi connectivity index (χ0v) is 13.0. The van der Waals surface area contributed by atoms with E-state index in [-0.39, 0.29) is 24.0 Å². The van der Waals surface area contributed by atoms with Crippen molar-refractivity contribution in [2.45, 2.75) is 31.3 Å². The summed E-state index contributed by atoms with van der Waals surface area (Å²) in [7, 11) is 0. The van der Waals surface area contributed by atoms with Crippen LogP contribution in [0.15, 0.2) is 36.4 Å². The van der Waals surface area contributed by atoms with Crippen LogP contribution in [0.2, 0.25) is 0 Å². The fraction of sp³-hybridized carbons (Fsp3) is 0.316. The van der Waals surface area contributed by atoms with Crippen LogP contribution in [0.5, 0.6) is 0 Å². The number of nitrogens with zero attached hydrogens (tertiary/aromatic N) is 3. The average Bonchev–Trinajstić information content (AvgIpc) is 3.28. The number of hydrogen-bond donors (Lipinski definition) is 0. The number of imide groups is 1. The first-order valence-electron chi connectivity index (χ1n) is 8.26. The zero-order valence-electron chi connectivity index (χ0n) is 13.0. The molecule has 5 rings (SSSR count). The fourth-order valence-electron chi connectivity index (χ4n) is 4.70. The van der Waals surface area contributed by atoms with E-state index in [1.54, 1.807) is 17.0 Å². The summed E-state index contributed by atoms with van der Waals surface area (Å²) in [5.74, 6) is 0.207. The van der Waals surface area contributed by atoms with Gasteiger partial charge in [0.1, 0.15) is 6.04 Å². The third-order valence-electron chi connectivity index (χ3n) is 5.71. The SMILES string of the molecule is [C-]#[N+]c1ccc(N2C(=O)[C@H]3[C@H]4CC[C@H](C4)N3C2=O)c2ccccc12. The molecular formula is C19H15N3O2. The van der Waals surface area contributed by atoms with Gasteiger partial charge in [0.15, 0.2) is 5.69 Å². The monoisotopic (exact) mass is 317 g/mol. The number of benzene rings is 2. The highest BCUT2D eigenvalue weighted by Crippen LogP contribution is 2.48. The number of rotatable bonds is 1. The molecule has 2 saturated heterocycles. The van der Waals surface area contributed by atoms with E-state index in [1.165, 1.54) is 4.90 Å². The molecule has 3 atom stereocenters. The molecule has 24 heavy (non-hydrogen) atoms. The minimum Gasteiger partial charge on any atom is -0.309 e. The van der Waals surface area contributed by atoms with E-state index in [0.29, 0.717) is 17.3 Å². The van der Waals surface area contributed by atoms with Crippen LogP contribution in [0.25, 0.3) is 15.6 Å². The van der Waals surface area contributed by atoms with Gasteiger partial charge in [0, 0.05) is 6.04 Å². The molecule has 0 aromatic heterocycles. The van der Waals surface area contributed by atoms with E-state index in [0.717, 1.165) is 30.0 Å². The van der Waals surface area contributed by atoms with Gasteiger partial charge in [0.25, 0.3) is 5.91 Å². The topological polar surface area (TPSA) is 45.0 Å². The van der Waals surface area contributed by atoms with Crippen molar-refractivity contribution in [1.82, 2.24) is 4.90 Å². The Morgan fingerprint density at radius 3 is 2.58 bits per heavy atom. The van der Waals surface area contributed by atoms with Crippen molar-refractivity contribution in [3.63, 3.8) is 0 Å². The molecule has 118 valence electrons. The summed E-state index contributed by atoms with van der Waals surface area (Å²) in [6.07, 6.45) is 3.01. The maximum absolute atomic E-state index is 13.0. The number of hydrogen-bond acceptors (Lipinski definition) is 2. The van der Waals surface area contributed by atoms with Gasteiger partial charge >= 0.3 is 6.03 Å². The van der Waals surface area contributed by atoms with Crippen molar-refractivity contribution < 1.29 is 9.59 Å². The number of amides is 3. The summed E-state index contributed by atoms with van der Waals surface area (Å²) in [6.45, 7) is 7.32. The smallest absolute Gasteiger partial charge is 0.309 e. The van der Waals surface area contributed by atoms with E-state index < -0.39 is 0 Å². The first-order chi connectivity index (χ1) is 11.7. The van der Waals surface area contributed by atoms with Crippen LogP contribution < -0.4 is 4.90 Å². The second-order valence-electron chi connectivity index (χ2n) is 6.80. The molecule has 0 spiro atoms. The van der Waals surface area contributed by atoms with E-state index in [4.69, 9.17) is 6.57 Å². The second-order valence-corrected chi connectivity index (χ2v) is 6.80. The summed E-state index contributed by atoms with van der Waals surface area (Å²) in [6, 6.07) is 10.6. The van der Waals surface area contributed by atoms with Gasteiger partial charge in [-0.15, -0.1) is 0 Å². The summed E-state index contributed by atoms with van der Waals surface area (Å²) in [5, 5.41) is 1.56. The summed E-state index contributed by atoms with van der Waals surface area (Å²) < 4.78 is 0. The predicted molar refractivity (Wildman–Crippen MR) is 89.8 cm³/mol. The highest BCUT2D eigenvalue weighted by molar-refractivity contribution is 6.25. The van der Waals surface area contributed by atoms with E-state index in [2.05, 4.69) is 4.85 Å². The van der Waals surface area contributed by atoms with Gasteiger partial charge in [0.05, 0.1) is 12.3 Å². The first kappa shape index (κ1) is 13.6. The quantitative estimate of drug-likeness (QED) is 0.594. The minimum atomic E-state index is -0.282. The van der Waals surface area contributed by atoms with Crippen molar-refractivity contribution in [3.05, 3.63) is 47.8 Å². The van der Waals surface area contributed by atoms with E-state index in [9.17, 15) is 9.59 Å².